The van der Waals surface area contributed by atoms with Crippen molar-refractivity contribution in [3.05, 3.63) is 114 Å². The van der Waals surface area contributed by atoms with Crippen LogP contribution in [0.5, 0.6) is 11.5 Å². The summed E-state index contributed by atoms with van der Waals surface area (Å²) in [7, 11) is 0. The smallest absolute Gasteiger partial charge is 0.346 e. The lowest BCUT2D eigenvalue weighted by Gasteiger charge is -2.31. The second-order valence-electron chi connectivity index (χ2n) is 7.79. The number of fused-ring (bicyclic) bond motifs is 1. The van der Waals surface area contributed by atoms with Gasteiger partial charge < -0.3 is 14.7 Å². The van der Waals surface area contributed by atoms with Crippen molar-refractivity contribution in [3.63, 3.8) is 0 Å². The zero-order valence-electron chi connectivity index (χ0n) is 18.6. The molecule has 0 saturated carbocycles. The maximum absolute atomic E-state index is 10.8. The summed E-state index contributed by atoms with van der Waals surface area (Å²) in [5.41, 5.74) is 4.40. The Morgan fingerprint density at radius 2 is 1.74 bits per heavy atom. The Labute approximate surface area is 199 Å². The van der Waals surface area contributed by atoms with Gasteiger partial charge in [0.15, 0.2) is 0 Å². The third-order valence-electron chi connectivity index (χ3n) is 5.47. The van der Waals surface area contributed by atoms with Gasteiger partial charge in [-0.1, -0.05) is 48.6 Å². The van der Waals surface area contributed by atoms with Crippen LogP contribution >= 0.6 is 0 Å². The van der Waals surface area contributed by atoms with Crippen LogP contribution in [-0.2, 0) is 11.2 Å². The fourth-order valence-electron chi connectivity index (χ4n) is 3.85. The number of carboxylic acid groups (broad SMARTS) is 1. The predicted molar refractivity (Wildman–Crippen MR) is 134 cm³/mol. The fraction of sp³-hybridized carbons (Fsp3) is 0.103. The lowest BCUT2D eigenvalue weighted by atomic mass is 9.98. The molecular weight excluding hydrogens is 424 g/mol. The average Bonchev–Trinajstić information content (AvgIpc) is 2.86. The van der Waals surface area contributed by atoms with Gasteiger partial charge in [0.2, 0.25) is 0 Å². The molecule has 0 aliphatic carbocycles. The topological polar surface area (TPSA) is 73.6 Å². The summed E-state index contributed by atoms with van der Waals surface area (Å²) in [6.45, 7) is 0.959. The summed E-state index contributed by atoms with van der Waals surface area (Å²) >= 11 is 0. The second kappa shape index (κ2) is 10.8. The number of para-hydroxylation sites is 1. The zero-order chi connectivity index (χ0) is 23.8. The third kappa shape index (κ3) is 5.62. The van der Waals surface area contributed by atoms with Gasteiger partial charge >= 0.3 is 5.97 Å². The summed E-state index contributed by atoms with van der Waals surface area (Å²) in [5, 5.41) is 17.6. The number of hydrogen-bond acceptors (Lipinski definition) is 4. The first-order chi connectivity index (χ1) is 16.6. The molecule has 5 nitrogen and oxygen atoms in total. The molecule has 3 aromatic rings. The molecule has 34 heavy (non-hydrogen) atoms. The third-order valence-corrected chi connectivity index (χ3v) is 5.47. The molecule has 0 saturated heterocycles. The number of hydrogen-bond donors (Lipinski definition) is 1. The van der Waals surface area contributed by atoms with Crippen molar-refractivity contribution in [2.45, 2.75) is 12.8 Å². The second-order valence-corrected chi connectivity index (χ2v) is 7.79. The molecule has 0 amide bonds. The first kappa shape index (κ1) is 22.6. The van der Waals surface area contributed by atoms with E-state index in [1.807, 2.05) is 54.6 Å². The summed E-state index contributed by atoms with van der Waals surface area (Å²) in [4.78, 5) is 13.2. The molecule has 3 aromatic carbocycles. The largest absolute Gasteiger partial charge is 0.477 e. The first-order valence-electron chi connectivity index (χ1n) is 11.1. The van der Waals surface area contributed by atoms with Gasteiger partial charge in [-0.3, -0.25) is 0 Å². The van der Waals surface area contributed by atoms with E-state index in [0.717, 1.165) is 42.1 Å². The highest BCUT2D eigenvalue weighted by molar-refractivity contribution is 5.91. The van der Waals surface area contributed by atoms with E-state index in [1.165, 1.54) is 17.3 Å². The maximum Gasteiger partial charge on any atom is 0.346 e. The van der Waals surface area contributed by atoms with Crippen molar-refractivity contribution in [1.29, 1.82) is 5.26 Å². The summed E-state index contributed by atoms with van der Waals surface area (Å²) in [6.07, 6.45) is 10.4. The number of carbonyl (C=O) groups is 1. The number of nitrogens with zero attached hydrogens (tertiary/aromatic N) is 2. The molecule has 1 aliphatic heterocycles. The molecule has 168 valence electrons. The number of aliphatic carboxylic acids is 1. The fourth-order valence-corrected chi connectivity index (χ4v) is 3.85. The minimum absolute atomic E-state index is 0.293. The van der Waals surface area contributed by atoms with Gasteiger partial charge in [0.05, 0.1) is 0 Å². The predicted octanol–water partition coefficient (Wildman–Crippen LogP) is 6.67. The molecule has 0 bridgehead atoms. The maximum atomic E-state index is 10.8. The molecule has 0 atom stereocenters. The van der Waals surface area contributed by atoms with Crippen LogP contribution in [0.15, 0.2) is 103 Å². The van der Waals surface area contributed by atoms with Crippen LogP contribution in [0.2, 0.25) is 0 Å². The normalized spacial score (nSPS) is 13.6. The number of ether oxygens (including phenoxy) is 1. The SMILES string of the molecule is N#C\C(=C/C=C/C=C/c1ccc2c(c1)CCCN2c1ccc(Oc2ccccc2)cc1)C(=O)O. The molecule has 1 heterocycles. The van der Waals surface area contributed by atoms with Crippen LogP contribution < -0.4 is 9.64 Å². The molecule has 0 unspecified atom stereocenters. The van der Waals surface area contributed by atoms with E-state index in [-0.39, 0.29) is 5.57 Å². The van der Waals surface area contributed by atoms with Crippen molar-refractivity contribution >= 4 is 23.4 Å². The lowest BCUT2D eigenvalue weighted by molar-refractivity contribution is -0.132. The summed E-state index contributed by atoms with van der Waals surface area (Å²) < 4.78 is 5.91. The standard InChI is InChI=1S/C29H24N2O3/c30-21-24(29(32)33)9-4-1-3-8-22-13-18-28-23(20-22)10-7-19-31(28)25-14-16-27(17-15-25)34-26-11-5-2-6-12-26/h1-6,8-9,11-18,20H,7,10,19H2,(H,32,33)/b4-1+,8-3+,24-9+. The molecule has 5 heteroatoms. The van der Waals surface area contributed by atoms with Crippen LogP contribution in [0, 0.1) is 11.3 Å². The number of benzene rings is 3. The van der Waals surface area contributed by atoms with E-state index < -0.39 is 5.97 Å². The van der Waals surface area contributed by atoms with E-state index in [0.29, 0.717) is 0 Å². The average molecular weight is 449 g/mol. The number of carboxylic acids is 1. The molecule has 4 rings (SSSR count). The summed E-state index contributed by atoms with van der Waals surface area (Å²) in [5.74, 6) is 0.395. The zero-order valence-corrected chi connectivity index (χ0v) is 18.6. The van der Waals surface area contributed by atoms with Crippen molar-refractivity contribution in [3.8, 4) is 17.6 Å². The molecular formula is C29H24N2O3. The highest BCUT2D eigenvalue weighted by atomic mass is 16.5. The number of nitriles is 1. The molecule has 1 N–H and O–H groups in total. The highest BCUT2D eigenvalue weighted by Crippen LogP contribution is 2.35. The number of rotatable bonds is 7. The quantitative estimate of drug-likeness (QED) is 0.248. The van der Waals surface area contributed by atoms with Crippen LogP contribution in [0.25, 0.3) is 6.08 Å². The Kier molecular flexibility index (Phi) is 7.22. The van der Waals surface area contributed by atoms with Crippen LogP contribution in [-0.4, -0.2) is 17.6 Å². The van der Waals surface area contributed by atoms with Crippen molar-refractivity contribution in [2.24, 2.45) is 0 Å². The van der Waals surface area contributed by atoms with Crippen molar-refractivity contribution < 1.29 is 14.6 Å². The molecule has 1 aliphatic rings. The Morgan fingerprint density at radius 3 is 2.47 bits per heavy atom. The number of aryl methyl sites for hydroxylation is 1. The van der Waals surface area contributed by atoms with Gasteiger partial charge in [0, 0.05) is 17.9 Å². The van der Waals surface area contributed by atoms with Crippen molar-refractivity contribution in [2.75, 3.05) is 11.4 Å². The molecule has 0 radical (unpaired) electrons. The van der Waals surface area contributed by atoms with Crippen LogP contribution in [0.3, 0.4) is 0 Å². The van der Waals surface area contributed by atoms with Gasteiger partial charge in [-0.25, -0.2) is 4.79 Å². The molecule has 0 spiro atoms. The highest BCUT2D eigenvalue weighted by Gasteiger charge is 2.18. The number of allylic oxidation sites excluding steroid dienone is 4. The van der Waals surface area contributed by atoms with E-state index >= 15 is 0 Å². The molecule has 0 fully saturated rings. The van der Waals surface area contributed by atoms with Crippen LogP contribution in [0.4, 0.5) is 11.4 Å². The Balaban J connectivity index is 1.46. The van der Waals surface area contributed by atoms with Gasteiger partial charge in [-0.2, -0.15) is 5.26 Å². The van der Waals surface area contributed by atoms with Gasteiger partial charge in [0.1, 0.15) is 23.1 Å². The van der Waals surface area contributed by atoms with Gasteiger partial charge in [-0.05, 0) is 78.6 Å². The Bertz CT molecular complexity index is 1280. The van der Waals surface area contributed by atoms with E-state index in [2.05, 4.69) is 35.2 Å². The first-order valence-corrected chi connectivity index (χ1v) is 11.1. The Morgan fingerprint density at radius 1 is 0.971 bits per heavy atom. The minimum Gasteiger partial charge on any atom is -0.477 e. The summed E-state index contributed by atoms with van der Waals surface area (Å²) in [6, 6.07) is 26.0. The van der Waals surface area contributed by atoms with E-state index in [1.54, 1.807) is 18.2 Å². The van der Waals surface area contributed by atoms with Gasteiger partial charge in [0.25, 0.3) is 0 Å². The van der Waals surface area contributed by atoms with Crippen molar-refractivity contribution in [1.82, 2.24) is 0 Å². The molecule has 0 aromatic heterocycles. The van der Waals surface area contributed by atoms with Crippen LogP contribution in [0.1, 0.15) is 17.5 Å². The van der Waals surface area contributed by atoms with E-state index in [9.17, 15) is 4.79 Å². The minimum atomic E-state index is -1.23. The van der Waals surface area contributed by atoms with Gasteiger partial charge in [-0.15, -0.1) is 0 Å². The number of anilines is 2. The Hall–Kier alpha value is -4.56. The lowest BCUT2D eigenvalue weighted by Crippen LogP contribution is -2.24. The van der Waals surface area contributed by atoms with E-state index in [4.69, 9.17) is 15.1 Å². The monoisotopic (exact) mass is 448 g/mol.